The number of aliphatic hydroxyl groups excluding tert-OH is 5. The molecule has 1 rings (SSSR count). The molecule has 0 saturated carbocycles. The van der Waals surface area contributed by atoms with Gasteiger partial charge in [-0.2, -0.15) is 0 Å². The number of ether oxygens (including phenoxy) is 2. The van der Waals surface area contributed by atoms with Crippen LogP contribution in [0.15, 0.2) is 48.6 Å². The SMILES string of the molecule is CCCCCCC/C=C\C/C=C\C/C=C\CCCCCCCCCCCCCCCCCCCCC(=O)NC(COC1OC(CO)C(O)C(O)C1O)C(O)/C=C/CCCCCCCCCCC. The summed E-state index contributed by atoms with van der Waals surface area (Å²) in [6, 6.07) is -0.803. The number of nitrogens with one attached hydrogen (secondary N) is 1. The van der Waals surface area contributed by atoms with Crippen LogP contribution in [0, 0.1) is 0 Å². The van der Waals surface area contributed by atoms with Crippen LogP contribution in [0.1, 0.15) is 258 Å². The molecule has 9 nitrogen and oxygen atoms in total. The van der Waals surface area contributed by atoms with E-state index in [-0.39, 0.29) is 12.5 Å². The molecule has 1 aliphatic rings. The topological polar surface area (TPSA) is 149 Å². The molecule has 6 N–H and O–H groups in total. The summed E-state index contributed by atoms with van der Waals surface area (Å²) in [5, 5.41) is 54.3. The van der Waals surface area contributed by atoms with Gasteiger partial charge in [0, 0.05) is 6.42 Å². The molecular formula is C58H107NO8. The third-order valence-electron chi connectivity index (χ3n) is 13.4. The smallest absolute Gasteiger partial charge is 0.220 e. The largest absolute Gasteiger partial charge is 0.394 e. The van der Waals surface area contributed by atoms with Crippen molar-refractivity contribution in [3.63, 3.8) is 0 Å². The van der Waals surface area contributed by atoms with Gasteiger partial charge in [0.15, 0.2) is 6.29 Å². The molecule has 0 aromatic carbocycles. The molecule has 1 aliphatic heterocycles. The van der Waals surface area contributed by atoms with Crippen molar-refractivity contribution in [3.05, 3.63) is 48.6 Å². The van der Waals surface area contributed by atoms with Gasteiger partial charge in [0.1, 0.15) is 24.4 Å². The summed E-state index contributed by atoms with van der Waals surface area (Å²) in [6.07, 6.45) is 56.2. The third-order valence-corrected chi connectivity index (χ3v) is 13.4. The monoisotopic (exact) mass is 946 g/mol. The Hall–Kier alpha value is -1.85. The summed E-state index contributed by atoms with van der Waals surface area (Å²) in [5.74, 6) is -0.176. The van der Waals surface area contributed by atoms with E-state index in [1.807, 2.05) is 6.08 Å². The van der Waals surface area contributed by atoms with Gasteiger partial charge in [0.25, 0.3) is 0 Å². The van der Waals surface area contributed by atoms with Crippen LogP contribution >= 0.6 is 0 Å². The van der Waals surface area contributed by atoms with Crippen LogP contribution in [0.3, 0.4) is 0 Å². The van der Waals surface area contributed by atoms with E-state index in [4.69, 9.17) is 9.47 Å². The van der Waals surface area contributed by atoms with Crippen molar-refractivity contribution in [2.24, 2.45) is 0 Å². The van der Waals surface area contributed by atoms with Crippen molar-refractivity contribution in [2.75, 3.05) is 13.2 Å². The van der Waals surface area contributed by atoms with Crippen molar-refractivity contribution < 1.29 is 39.8 Å². The van der Waals surface area contributed by atoms with Gasteiger partial charge in [-0.3, -0.25) is 4.79 Å². The van der Waals surface area contributed by atoms with E-state index in [1.54, 1.807) is 6.08 Å². The number of carbonyl (C=O) groups excluding carboxylic acids is 1. The minimum atomic E-state index is -1.57. The van der Waals surface area contributed by atoms with Gasteiger partial charge < -0.3 is 40.3 Å². The lowest BCUT2D eigenvalue weighted by molar-refractivity contribution is -0.302. The van der Waals surface area contributed by atoms with Gasteiger partial charge in [0.2, 0.25) is 5.91 Å². The maximum atomic E-state index is 13.0. The predicted octanol–water partition coefficient (Wildman–Crippen LogP) is 13.7. The summed E-state index contributed by atoms with van der Waals surface area (Å²) in [4.78, 5) is 13.0. The molecule has 392 valence electrons. The molecule has 0 spiro atoms. The fourth-order valence-electron chi connectivity index (χ4n) is 8.87. The molecule has 0 radical (unpaired) electrons. The van der Waals surface area contributed by atoms with Crippen LogP contribution in [0.25, 0.3) is 0 Å². The maximum Gasteiger partial charge on any atom is 0.220 e. The van der Waals surface area contributed by atoms with E-state index in [0.29, 0.717) is 6.42 Å². The molecule has 7 unspecified atom stereocenters. The Morgan fingerprint density at radius 2 is 0.881 bits per heavy atom. The number of carbonyl (C=O) groups is 1. The molecule has 1 fully saturated rings. The van der Waals surface area contributed by atoms with E-state index < -0.39 is 49.5 Å². The second kappa shape index (κ2) is 47.8. The average molecular weight is 946 g/mol. The predicted molar refractivity (Wildman–Crippen MR) is 281 cm³/mol. The molecule has 0 aromatic heterocycles. The highest BCUT2D eigenvalue weighted by Crippen LogP contribution is 2.23. The fourth-order valence-corrected chi connectivity index (χ4v) is 8.87. The molecule has 9 heteroatoms. The molecular weight excluding hydrogens is 839 g/mol. The summed E-state index contributed by atoms with van der Waals surface area (Å²) >= 11 is 0. The molecule has 1 saturated heterocycles. The van der Waals surface area contributed by atoms with Crippen molar-refractivity contribution in [1.29, 1.82) is 0 Å². The molecule has 0 aliphatic carbocycles. The summed E-state index contributed by atoms with van der Waals surface area (Å²) in [5.41, 5.74) is 0. The zero-order chi connectivity index (χ0) is 48.7. The molecule has 1 amide bonds. The van der Waals surface area contributed by atoms with Crippen LogP contribution < -0.4 is 5.32 Å². The van der Waals surface area contributed by atoms with Crippen LogP contribution in [0.5, 0.6) is 0 Å². The minimum absolute atomic E-state index is 0.176. The molecule has 67 heavy (non-hydrogen) atoms. The van der Waals surface area contributed by atoms with E-state index in [0.717, 1.165) is 51.4 Å². The van der Waals surface area contributed by atoms with Crippen molar-refractivity contribution in [3.8, 4) is 0 Å². The van der Waals surface area contributed by atoms with Gasteiger partial charge in [-0.25, -0.2) is 0 Å². The number of rotatable bonds is 48. The number of amides is 1. The van der Waals surface area contributed by atoms with E-state index in [1.165, 1.54) is 186 Å². The first-order chi connectivity index (χ1) is 32.8. The quantitative estimate of drug-likeness (QED) is 0.0261. The van der Waals surface area contributed by atoms with E-state index >= 15 is 0 Å². The minimum Gasteiger partial charge on any atom is -0.394 e. The number of hydrogen-bond donors (Lipinski definition) is 6. The highest BCUT2D eigenvalue weighted by atomic mass is 16.7. The normalized spacial score (nSPS) is 20.0. The Bertz CT molecular complexity index is 1190. The van der Waals surface area contributed by atoms with E-state index in [9.17, 15) is 30.3 Å². The lowest BCUT2D eigenvalue weighted by atomic mass is 9.99. The molecule has 0 bridgehead atoms. The fraction of sp³-hybridized carbons (Fsp3) is 0.845. The lowest BCUT2D eigenvalue weighted by Crippen LogP contribution is -2.60. The van der Waals surface area contributed by atoms with Crippen LogP contribution in [0.2, 0.25) is 0 Å². The Balaban J connectivity index is 2.10. The number of unbranched alkanes of at least 4 members (excludes halogenated alkanes) is 32. The van der Waals surface area contributed by atoms with Crippen LogP contribution in [-0.2, 0) is 14.3 Å². The zero-order valence-corrected chi connectivity index (χ0v) is 43.4. The van der Waals surface area contributed by atoms with Gasteiger partial charge in [-0.05, 0) is 57.8 Å². The third kappa shape index (κ3) is 37.6. The van der Waals surface area contributed by atoms with Gasteiger partial charge >= 0.3 is 0 Å². The Morgan fingerprint density at radius 3 is 1.30 bits per heavy atom. The Morgan fingerprint density at radius 1 is 0.507 bits per heavy atom. The average Bonchev–Trinajstić information content (AvgIpc) is 3.33. The van der Waals surface area contributed by atoms with Crippen LogP contribution in [0.4, 0.5) is 0 Å². The number of allylic oxidation sites excluding steroid dienone is 7. The van der Waals surface area contributed by atoms with E-state index in [2.05, 4.69) is 55.6 Å². The first-order valence-electron chi connectivity index (χ1n) is 28.4. The number of aliphatic hydroxyl groups is 5. The van der Waals surface area contributed by atoms with Gasteiger partial charge in [0.05, 0.1) is 25.4 Å². The molecule has 1 heterocycles. The number of hydrogen-bond acceptors (Lipinski definition) is 8. The molecule has 7 atom stereocenters. The first kappa shape index (κ1) is 63.2. The Labute approximate surface area is 412 Å². The highest BCUT2D eigenvalue weighted by Gasteiger charge is 2.44. The second-order valence-electron chi connectivity index (χ2n) is 19.7. The molecule has 0 aromatic rings. The van der Waals surface area contributed by atoms with Crippen molar-refractivity contribution in [1.82, 2.24) is 5.32 Å². The van der Waals surface area contributed by atoms with Crippen molar-refractivity contribution >= 4 is 5.91 Å². The first-order valence-corrected chi connectivity index (χ1v) is 28.4. The second-order valence-corrected chi connectivity index (χ2v) is 19.7. The van der Waals surface area contributed by atoms with Crippen molar-refractivity contribution in [2.45, 2.75) is 301 Å². The summed E-state index contributed by atoms with van der Waals surface area (Å²) in [7, 11) is 0. The highest BCUT2D eigenvalue weighted by molar-refractivity contribution is 5.76. The Kier molecular flexibility index (Phi) is 45.1. The zero-order valence-electron chi connectivity index (χ0n) is 43.4. The summed E-state index contributed by atoms with van der Waals surface area (Å²) in [6.45, 7) is 3.76. The van der Waals surface area contributed by atoms with Gasteiger partial charge in [-0.1, -0.05) is 242 Å². The maximum absolute atomic E-state index is 13.0. The lowest BCUT2D eigenvalue weighted by Gasteiger charge is -2.40. The van der Waals surface area contributed by atoms with Crippen LogP contribution in [-0.4, -0.2) is 87.5 Å². The standard InChI is InChI=1S/C58H107NO8/c1-3-5-7-9-11-13-15-16-17-18-19-20-21-22-23-24-25-26-27-28-29-30-31-32-33-34-35-36-38-40-42-44-46-48-54(62)59-51(50-66-58-57(65)56(64)55(63)53(49-60)67-58)52(61)47-45-43-41-39-37-14-12-10-8-6-4-2/h15-16,18-19,21-22,45,47,51-53,55-58,60-61,63-65H,3-14,17,20,23-44,46,48-50H2,1-2H3,(H,59,62)/b16-15-,19-18-,22-21-,47-45+. The van der Waals surface area contributed by atoms with Gasteiger partial charge in [-0.15, -0.1) is 0 Å². The summed E-state index contributed by atoms with van der Waals surface area (Å²) < 4.78 is 11.2.